The highest BCUT2D eigenvalue weighted by atomic mass is 32.2. The van der Waals surface area contributed by atoms with Crippen LogP contribution in [0.5, 0.6) is 5.75 Å². The van der Waals surface area contributed by atoms with Gasteiger partial charge in [-0.15, -0.1) is 11.8 Å². The molecule has 1 heterocycles. The Bertz CT molecular complexity index is 364. The largest absolute Gasteiger partial charge is 0.496 e. The third-order valence-electron chi connectivity index (χ3n) is 2.82. The first kappa shape index (κ1) is 12.7. The molecule has 0 saturated carbocycles. The van der Waals surface area contributed by atoms with Crippen LogP contribution in [0.15, 0.2) is 23.1 Å². The second-order valence-electron chi connectivity index (χ2n) is 4.17. The lowest BCUT2D eigenvalue weighted by Gasteiger charge is -2.23. The van der Waals surface area contributed by atoms with Crippen LogP contribution in [0.25, 0.3) is 0 Å². The minimum atomic E-state index is 0.469. The van der Waals surface area contributed by atoms with E-state index in [1.165, 1.54) is 10.5 Å². The number of aryl methyl sites for hydroxylation is 1. The monoisotopic (exact) mass is 253 g/mol. The van der Waals surface area contributed by atoms with Crippen molar-refractivity contribution >= 4 is 11.8 Å². The molecule has 1 aromatic carbocycles. The van der Waals surface area contributed by atoms with Crippen LogP contribution in [0.2, 0.25) is 0 Å². The highest BCUT2D eigenvalue weighted by Crippen LogP contribution is 2.25. The van der Waals surface area contributed by atoms with Crippen LogP contribution in [0.4, 0.5) is 0 Å². The summed E-state index contributed by atoms with van der Waals surface area (Å²) in [5.41, 5.74) is 1.19. The standard InChI is InChI=1S/C13H19NO2S/c1-10-7-12(3-4-13(10)15-2)17-9-11-8-16-6-5-14-11/h3-4,7,11,14H,5-6,8-9H2,1-2H3. The van der Waals surface area contributed by atoms with Gasteiger partial charge < -0.3 is 14.8 Å². The summed E-state index contributed by atoms with van der Waals surface area (Å²) in [7, 11) is 1.71. The number of hydrogen-bond acceptors (Lipinski definition) is 4. The van der Waals surface area contributed by atoms with E-state index in [-0.39, 0.29) is 0 Å². The molecular weight excluding hydrogens is 234 g/mol. The third-order valence-corrected chi connectivity index (χ3v) is 3.97. The maximum absolute atomic E-state index is 5.43. The number of methoxy groups -OCH3 is 1. The molecule has 1 N–H and O–H groups in total. The number of morpholine rings is 1. The van der Waals surface area contributed by atoms with Crippen LogP contribution < -0.4 is 10.1 Å². The number of rotatable bonds is 4. The zero-order chi connectivity index (χ0) is 12.1. The molecular formula is C13H19NO2S. The third kappa shape index (κ3) is 3.63. The molecule has 0 spiro atoms. The Morgan fingerprint density at radius 3 is 3.06 bits per heavy atom. The van der Waals surface area contributed by atoms with Gasteiger partial charge in [0.2, 0.25) is 0 Å². The van der Waals surface area contributed by atoms with Crippen molar-refractivity contribution in [2.75, 3.05) is 32.6 Å². The van der Waals surface area contributed by atoms with Crippen LogP contribution in [-0.2, 0) is 4.74 Å². The Balaban J connectivity index is 1.87. The molecule has 0 radical (unpaired) electrons. The zero-order valence-corrected chi connectivity index (χ0v) is 11.2. The molecule has 0 bridgehead atoms. The Morgan fingerprint density at radius 1 is 1.53 bits per heavy atom. The van der Waals surface area contributed by atoms with E-state index in [9.17, 15) is 0 Å². The summed E-state index contributed by atoms with van der Waals surface area (Å²) in [6, 6.07) is 6.78. The number of ether oxygens (including phenoxy) is 2. The van der Waals surface area contributed by atoms with Crippen LogP contribution in [0.3, 0.4) is 0 Å². The maximum atomic E-state index is 5.43. The topological polar surface area (TPSA) is 30.5 Å². The number of thioether (sulfide) groups is 1. The van der Waals surface area contributed by atoms with Crippen molar-refractivity contribution in [2.24, 2.45) is 0 Å². The van der Waals surface area contributed by atoms with Gasteiger partial charge in [0, 0.05) is 23.2 Å². The van der Waals surface area contributed by atoms with Crippen LogP contribution >= 0.6 is 11.8 Å². The molecule has 0 aromatic heterocycles. The first-order valence-corrected chi connectivity index (χ1v) is 6.86. The van der Waals surface area contributed by atoms with Crippen molar-refractivity contribution in [2.45, 2.75) is 17.9 Å². The van der Waals surface area contributed by atoms with Crippen LogP contribution in [0, 0.1) is 6.92 Å². The molecule has 1 saturated heterocycles. The smallest absolute Gasteiger partial charge is 0.121 e. The van der Waals surface area contributed by atoms with Crippen molar-refractivity contribution < 1.29 is 9.47 Å². The van der Waals surface area contributed by atoms with Crippen molar-refractivity contribution in [1.29, 1.82) is 0 Å². The SMILES string of the molecule is COc1ccc(SCC2COCCN2)cc1C. The number of benzene rings is 1. The molecule has 1 atom stereocenters. The lowest BCUT2D eigenvalue weighted by atomic mass is 10.2. The molecule has 4 heteroatoms. The lowest BCUT2D eigenvalue weighted by Crippen LogP contribution is -2.42. The fourth-order valence-corrected chi connectivity index (χ4v) is 2.90. The maximum Gasteiger partial charge on any atom is 0.121 e. The second kappa shape index (κ2) is 6.28. The fourth-order valence-electron chi connectivity index (χ4n) is 1.86. The molecule has 2 rings (SSSR count). The molecule has 0 aliphatic carbocycles. The molecule has 1 unspecified atom stereocenters. The first-order valence-electron chi connectivity index (χ1n) is 5.88. The summed E-state index contributed by atoms with van der Waals surface area (Å²) in [4.78, 5) is 1.29. The summed E-state index contributed by atoms with van der Waals surface area (Å²) >= 11 is 1.86. The van der Waals surface area contributed by atoms with E-state index in [1.54, 1.807) is 7.11 Å². The molecule has 1 aliphatic heterocycles. The van der Waals surface area contributed by atoms with Gasteiger partial charge in [-0.25, -0.2) is 0 Å². The van der Waals surface area contributed by atoms with Crippen molar-refractivity contribution in [1.82, 2.24) is 5.32 Å². The Morgan fingerprint density at radius 2 is 2.41 bits per heavy atom. The van der Waals surface area contributed by atoms with E-state index in [4.69, 9.17) is 9.47 Å². The summed E-state index contributed by atoms with van der Waals surface area (Å²) in [5.74, 6) is 2.00. The Hall–Kier alpha value is -0.710. The fraction of sp³-hybridized carbons (Fsp3) is 0.538. The van der Waals surface area contributed by atoms with E-state index in [0.29, 0.717) is 6.04 Å². The Labute approximate surface area is 107 Å². The zero-order valence-electron chi connectivity index (χ0n) is 10.4. The van der Waals surface area contributed by atoms with Gasteiger partial charge in [0.05, 0.1) is 20.3 Å². The predicted molar refractivity (Wildman–Crippen MR) is 71.1 cm³/mol. The van der Waals surface area contributed by atoms with Crippen LogP contribution in [-0.4, -0.2) is 38.7 Å². The molecule has 1 aliphatic rings. The van der Waals surface area contributed by atoms with Crippen molar-refractivity contribution in [3.8, 4) is 5.75 Å². The van der Waals surface area contributed by atoms with E-state index >= 15 is 0 Å². The summed E-state index contributed by atoms with van der Waals surface area (Å²) < 4.78 is 10.7. The predicted octanol–water partition coefficient (Wildman–Crippen LogP) is 2.08. The lowest BCUT2D eigenvalue weighted by molar-refractivity contribution is 0.0837. The minimum Gasteiger partial charge on any atom is -0.496 e. The summed E-state index contributed by atoms with van der Waals surface area (Å²) in [6.45, 7) is 4.70. The molecule has 94 valence electrons. The van der Waals surface area contributed by atoms with E-state index in [2.05, 4.69) is 24.4 Å². The summed E-state index contributed by atoms with van der Waals surface area (Å²) in [6.07, 6.45) is 0. The highest BCUT2D eigenvalue weighted by Gasteiger charge is 2.13. The second-order valence-corrected chi connectivity index (χ2v) is 5.26. The normalized spacial score (nSPS) is 20.2. The van der Waals surface area contributed by atoms with E-state index in [0.717, 1.165) is 31.3 Å². The molecule has 1 fully saturated rings. The van der Waals surface area contributed by atoms with Gasteiger partial charge >= 0.3 is 0 Å². The van der Waals surface area contributed by atoms with Crippen molar-refractivity contribution in [3.63, 3.8) is 0 Å². The van der Waals surface area contributed by atoms with Gasteiger partial charge in [-0.05, 0) is 30.7 Å². The van der Waals surface area contributed by atoms with Crippen LogP contribution in [0.1, 0.15) is 5.56 Å². The van der Waals surface area contributed by atoms with Gasteiger partial charge in [-0.3, -0.25) is 0 Å². The van der Waals surface area contributed by atoms with Crippen molar-refractivity contribution in [3.05, 3.63) is 23.8 Å². The van der Waals surface area contributed by atoms with Gasteiger partial charge in [-0.2, -0.15) is 0 Å². The van der Waals surface area contributed by atoms with E-state index in [1.807, 2.05) is 17.8 Å². The molecule has 17 heavy (non-hydrogen) atoms. The summed E-state index contributed by atoms with van der Waals surface area (Å²) in [5, 5.41) is 3.46. The average molecular weight is 253 g/mol. The highest BCUT2D eigenvalue weighted by molar-refractivity contribution is 7.99. The first-order chi connectivity index (χ1) is 8.29. The molecule has 1 aromatic rings. The molecule has 0 amide bonds. The van der Waals surface area contributed by atoms with Gasteiger partial charge in [-0.1, -0.05) is 0 Å². The Kier molecular flexibility index (Phi) is 4.71. The number of hydrogen-bond donors (Lipinski definition) is 1. The van der Waals surface area contributed by atoms with Gasteiger partial charge in [0.15, 0.2) is 0 Å². The quantitative estimate of drug-likeness (QED) is 0.832. The minimum absolute atomic E-state index is 0.469. The average Bonchev–Trinajstić information content (AvgIpc) is 2.38. The molecule has 3 nitrogen and oxygen atoms in total. The van der Waals surface area contributed by atoms with Gasteiger partial charge in [0.25, 0.3) is 0 Å². The van der Waals surface area contributed by atoms with E-state index < -0.39 is 0 Å². The number of nitrogens with one attached hydrogen (secondary N) is 1. The van der Waals surface area contributed by atoms with Gasteiger partial charge in [0.1, 0.15) is 5.75 Å².